The second-order valence-corrected chi connectivity index (χ2v) is 3.33. The zero-order valence-corrected chi connectivity index (χ0v) is 12.4. The van der Waals surface area contributed by atoms with Gasteiger partial charge in [-0.15, -0.1) is 0 Å². The summed E-state index contributed by atoms with van der Waals surface area (Å²) in [4.78, 5) is 0. The van der Waals surface area contributed by atoms with Gasteiger partial charge in [-0.1, -0.05) is 39.5 Å². The van der Waals surface area contributed by atoms with E-state index in [1.807, 2.05) is 0 Å². The van der Waals surface area contributed by atoms with Gasteiger partial charge in [-0.05, 0) is 18.8 Å². The molecule has 4 radical (unpaired) electrons. The summed E-state index contributed by atoms with van der Waals surface area (Å²) in [6.45, 7) is 4.79. The maximum absolute atomic E-state index is 8.96. The van der Waals surface area contributed by atoms with Crippen molar-refractivity contribution >= 4 is 27.3 Å². The molecule has 0 aliphatic heterocycles. The molecule has 1 unspecified atom stereocenters. The third kappa shape index (κ3) is 8.97. The van der Waals surface area contributed by atoms with E-state index in [2.05, 4.69) is 13.8 Å². The Morgan fingerprint density at radius 3 is 2.08 bits per heavy atom. The summed E-state index contributed by atoms with van der Waals surface area (Å²) in [7, 11) is 0. The summed E-state index contributed by atoms with van der Waals surface area (Å²) in [5.74, 6) is 0.576. The van der Waals surface area contributed by atoms with Crippen molar-refractivity contribution in [3.63, 3.8) is 0 Å². The van der Waals surface area contributed by atoms with Gasteiger partial charge in [0.2, 0.25) is 0 Å². The van der Waals surface area contributed by atoms with Crippen molar-refractivity contribution < 1.29 is 5.11 Å². The van der Waals surface area contributed by atoms with Crippen molar-refractivity contribution in [3.05, 3.63) is 0 Å². The van der Waals surface area contributed by atoms with Crippen molar-refractivity contribution in [1.82, 2.24) is 0 Å². The van der Waals surface area contributed by atoms with Gasteiger partial charge in [0.25, 0.3) is 0 Å². The first-order valence-corrected chi connectivity index (χ1v) is 4.96. The van der Waals surface area contributed by atoms with Crippen LogP contribution in [0.2, 0.25) is 0 Å². The minimum Gasteiger partial charge on any atom is -0.396 e. The molecule has 1 atom stereocenters. The van der Waals surface area contributed by atoms with Gasteiger partial charge in [-0.25, -0.2) is 0 Å². The molecule has 12 heavy (non-hydrogen) atoms. The molecule has 1 N–H and O–H groups in total. The Hall–Kier alpha value is 0.882. The van der Waals surface area contributed by atoms with Crippen LogP contribution in [0.25, 0.3) is 0 Å². The second kappa shape index (κ2) is 11.9. The standard InChI is InChI=1S/C10H22O.Pb/c1-3-5-6-8-10(9-11)7-4-2;/h10-11H,3-9H2,1-2H3;. The first-order chi connectivity index (χ1) is 5.35. The predicted molar refractivity (Wildman–Crippen MR) is 55.4 cm³/mol. The van der Waals surface area contributed by atoms with Crippen molar-refractivity contribution in [2.24, 2.45) is 5.92 Å². The summed E-state index contributed by atoms with van der Waals surface area (Å²) < 4.78 is 0. The van der Waals surface area contributed by atoms with Gasteiger partial charge in [0.15, 0.2) is 0 Å². The van der Waals surface area contributed by atoms with E-state index in [1.54, 1.807) is 0 Å². The van der Waals surface area contributed by atoms with E-state index in [1.165, 1.54) is 38.5 Å². The fourth-order valence-electron chi connectivity index (χ4n) is 1.42. The molecule has 0 amide bonds. The molecule has 0 fully saturated rings. The fourth-order valence-corrected chi connectivity index (χ4v) is 1.42. The maximum Gasteiger partial charge on any atom is 0.0459 e. The third-order valence-corrected chi connectivity index (χ3v) is 2.17. The van der Waals surface area contributed by atoms with E-state index in [9.17, 15) is 0 Å². The van der Waals surface area contributed by atoms with Gasteiger partial charge in [-0.2, -0.15) is 0 Å². The number of aliphatic hydroxyl groups is 1. The second-order valence-electron chi connectivity index (χ2n) is 3.33. The minimum atomic E-state index is 0. The quantitative estimate of drug-likeness (QED) is 0.543. The third-order valence-electron chi connectivity index (χ3n) is 2.17. The van der Waals surface area contributed by atoms with Crippen LogP contribution in [0.1, 0.15) is 52.4 Å². The van der Waals surface area contributed by atoms with Crippen LogP contribution in [0.5, 0.6) is 0 Å². The largest absolute Gasteiger partial charge is 0.396 e. The molecule has 0 heterocycles. The number of aliphatic hydroxyl groups excluding tert-OH is 1. The van der Waals surface area contributed by atoms with Crippen LogP contribution in [-0.2, 0) is 0 Å². The smallest absolute Gasteiger partial charge is 0.0459 e. The monoisotopic (exact) mass is 366 g/mol. The van der Waals surface area contributed by atoms with Gasteiger partial charge in [0.05, 0.1) is 0 Å². The van der Waals surface area contributed by atoms with Crippen LogP contribution in [0.4, 0.5) is 0 Å². The molecule has 0 saturated carbocycles. The Morgan fingerprint density at radius 1 is 1.00 bits per heavy atom. The van der Waals surface area contributed by atoms with Crippen molar-refractivity contribution in [2.45, 2.75) is 52.4 Å². The van der Waals surface area contributed by atoms with Gasteiger partial charge in [0, 0.05) is 33.9 Å². The van der Waals surface area contributed by atoms with E-state index >= 15 is 0 Å². The van der Waals surface area contributed by atoms with Gasteiger partial charge in [-0.3, -0.25) is 0 Å². The van der Waals surface area contributed by atoms with Crippen LogP contribution in [0.3, 0.4) is 0 Å². The normalized spacial score (nSPS) is 12.2. The Bertz CT molecular complexity index is 76.2. The molecule has 0 rings (SSSR count). The molecule has 0 aliphatic rings. The van der Waals surface area contributed by atoms with Crippen molar-refractivity contribution in [2.75, 3.05) is 6.61 Å². The van der Waals surface area contributed by atoms with Gasteiger partial charge >= 0.3 is 0 Å². The zero-order valence-electron chi connectivity index (χ0n) is 8.47. The summed E-state index contributed by atoms with van der Waals surface area (Å²) in [6, 6.07) is 0. The van der Waals surface area contributed by atoms with Crippen molar-refractivity contribution in [1.29, 1.82) is 0 Å². The van der Waals surface area contributed by atoms with E-state index in [-0.39, 0.29) is 27.3 Å². The number of hydrogen-bond donors (Lipinski definition) is 1. The van der Waals surface area contributed by atoms with Gasteiger partial charge < -0.3 is 5.11 Å². The first-order valence-electron chi connectivity index (χ1n) is 4.96. The molecule has 0 bridgehead atoms. The Balaban J connectivity index is 0. The molecule has 0 spiro atoms. The topological polar surface area (TPSA) is 20.2 Å². The zero-order chi connectivity index (χ0) is 8.53. The number of hydrogen-bond acceptors (Lipinski definition) is 1. The average molecular weight is 365 g/mol. The Morgan fingerprint density at radius 2 is 1.67 bits per heavy atom. The number of unbranched alkanes of at least 4 members (excludes halogenated alkanes) is 2. The molecule has 0 aromatic carbocycles. The molecular weight excluding hydrogens is 343 g/mol. The summed E-state index contributed by atoms with van der Waals surface area (Å²) >= 11 is 0. The molecule has 0 aliphatic carbocycles. The fraction of sp³-hybridized carbons (Fsp3) is 1.00. The maximum atomic E-state index is 8.96. The molecule has 1 nitrogen and oxygen atoms in total. The van der Waals surface area contributed by atoms with Crippen LogP contribution >= 0.6 is 0 Å². The van der Waals surface area contributed by atoms with Gasteiger partial charge in [0.1, 0.15) is 0 Å². The molecule has 0 aromatic heterocycles. The molecular formula is C10H22OPb. The minimum absolute atomic E-state index is 0. The van der Waals surface area contributed by atoms with Crippen molar-refractivity contribution in [3.8, 4) is 0 Å². The SMILES string of the molecule is CCCCCC(CO)CCC.[Pb]. The van der Waals surface area contributed by atoms with E-state index in [4.69, 9.17) is 5.11 Å². The molecule has 0 aromatic rings. The average Bonchev–Trinajstić information content (AvgIpc) is 2.03. The van der Waals surface area contributed by atoms with Crippen LogP contribution in [0.15, 0.2) is 0 Å². The van der Waals surface area contributed by atoms with Crippen LogP contribution < -0.4 is 0 Å². The molecule has 72 valence electrons. The van der Waals surface area contributed by atoms with Crippen LogP contribution in [-0.4, -0.2) is 39.0 Å². The number of rotatable bonds is 7. The Kier molecular flexibility index (Phi) is 15.2. The molecule has 0 saturated heterocycles. The summed E-state index contributed by atoms with van der Waals surface area (Å²) in [5.41, 5.74) is 0. The first kappa shape index (κ1) is 15.4. The predicted octanol–water partition coefficient (Wildman–Crippen LogP) is 2.59. The Labute approximate surface area is 97.1 Å². The van der Waals surface area contributed by atoms with E-state index in [0.717, 1.165) is 0 Å². The summed E-state index contributed by atoms with van der Waals surface area (Å²) in [6.07, 6.45) is 7.52. The molecule has 2 heteroatoms. The summed E-state index contributed by atoms with van der Waals surface area (Å²) in [5, 5.41) is 8.96. The van der Waals surface area contributed by atoms with Crippen LogP contribution in [0, 0.1) is 5.92 Å². The van der Waals surface area contributed by atoms with E-state index in [0.29, 0.717) is 12.5 Å². The van der Waals surface area contributed by atoms with E-state index < -0.39 is 0 Å².